The Morgan fingerprint density at radius 2 is 2.12 bits per heavy atom. The van der Waals surface area contributed by atoms with E-state index in [-0.39, 0.29) is 5.75 Å². The number of rotatable bonds is 6. The van der Waals surface area contributed by atoms with Crippen LogP contribution in [0.1, 0.15) is 12.0 Å². The Morgan fingerprint density at radius 1 is 1.41 bits per heavy atom. The monoisotopic (exact) mass is 277 g/mol. The zero-order valence-corrected chi connectivity index (χ0v) is 11.4. The summed E-state index contributed by atoms with van der Waals surface area (Å²) in [6.45, 7) is 1.86. The minimum absolute atomic E-state index is 0.0293. The van der Waals surface area contributed by atoms with E-state index in [1.54, 1.807) is 25.3 Å². The van der Waals surface area contributed by atoms with E-state index in [0.29, 0.717) is 18.0 Å². The molecule has 0 aliphatic carbocycles. The van der Waals surface area contributed by atoms with Crippen LogP contribution in [0.4, 0.5) is 5.69 Å². The second-order valence-electron chi connectivity index (χ2n) is 3.65. The minimum atomic E-state index is -3.31. The van der Waals surface area contributed by atoms with Gasteiger partial charge < -0.3 is 4.74 Å². The quantitative estimate of drug-likeness (QED) is 0.812. The lowest BCUT2D eigenvalue weighted by atomic mass is 10.2. The molecule has 0 atom stereocenters. The SMILES string of the molecule is COc1ccc(NS(=O)(=O)CCCCl)cc1C. The molecule has 0 amide bonds. The van der Waals surface area contributed by atoms with Crippen LogP contribution < -0.4 is 9.46 Å². The number of hydrogen-bond acceptors (Lipinski definition) is 3. The van der Waals surface area contributed by atoms with Gasteiger partial charge in [-0.25, -0.2) is 8.42 Å². The van der Waals surface area contributed by atoms with Gasteiger partial charge in [0.25, 0.3) is 0 Å². The van der Waals surface area contributed by atoms with Gasteiger partial charge in [0, 0.05) is 11.6 Å². The summed E-state index contributed by atoms with van der Waals surface area (Å²) in [6, 6.07) is 5.13. The molecule has 0 radical (unpaired) electrons. The molecule has 0 saturated carbocycles. The van der Waals surface area contributed by atoms with Gasteiger partial charge in [0.2, 0.25) is 10.0 Å². The van der Waals surface area contributed by atoms with Crippen molar-refractivity contribution in [3.05, 3.63) is 23.8 Å². The average molecular weight is 278 g/mol. The molecular formula is C11H16ClNO3S. The molecule has 0 bridgehead atoms. The Bertz CT molecular complexity index is 474. The van der Waals surface area contributed by atoms with Gasteiger partial charge in [-0.05, 0) is 37.1 Å². The molecule has 0 saturated heterocycles. The van der Waals surface area contributed by atoms with Crippen molar-refractivity contribution in [2.24, 2.45) is 0 Å². The Balaban J connectivity index is 2.78. The maximum Gasteiger partial charge on any atom is 0.232 e. The standard InChI is InChI=1S/C11H16ClNO3S/c1-9-8-10(4-5-11(9)16-2)13-17(14,15)7-3-6-12/h4-5,8,13H,3,6-7H2,1-2H3. The molecule has 17 heavy (non-hydrogen) atoms. The molecule has 0 fully saturated rings. The Morgan fingerprint density at radius 3 is 2.65 bits per heavy atom. The van der Waals surface area contributed by atoms with E-state index >= 15 is 0 Å². The largest absolute Gasteiger partial charge is 0.496 e. The van der Waals surface area contributed by atoms with Gasteiger partial charge in [-0.15, -0.1) is 11.6 Å². The van der Waals surface area contributed by atoms with E-state index < -0.39 is 10.0 Å². The van der Waals surface area contributed by atoms with Crippen LogP contribution in [-0.2, 0) is 10.0 Å². The van der Waals surface area contributed by atoms with E-state index in [9.17, 15) is 8.42 Å². The van der Waals surface area contributed by atoms with E-state index in [0.717, 1.165) is 11.3 Å². The first kappa shape index (κ1) is 14.1. The highest BCUT2D eigenvalue weighted by Gasteiger charge is 2.10. The Labute approximate surface area is 107 Å². The van der Waals surface area contributed by atoms with Crippen molar-refractivity contribution >= 4 is 27.3 Å². The summed E-state index contributed by atoms with van der Waals surface area (Å²) in [5, 5.41) is 0. The molecular weight excluding hydrogens is 262 g/mol. The van der Waals surface area contributed by atoms with Gasteiger partial charge in [0.1, 0.15) is 5.75 Å². The molecule has 1 N–H and O–H groups in total. The first-order valence-corrected chi connectivity index (χ1v) is 7.38. The fourth-order valence-electron chi connectivity index (χ4n) is 1.42. The highest BCUT2D eigenvalue weighted by Crippen LogP contribution is 2.22. The number of halogens is 1. The van der Waals surface area contributed by atoms with Gasteiger partial charge in [-0.2, -0.15) is 0 Å². The van der Waals surface area contributed by atoms with Crippen molar-refractivity contribution in [3.8, 4) is 5.75 Å². The molecule has 0 aliphatic heterocycles. The maximum absolute atomic E-state index is 11.6. The first-order chi connectivity index (χ1) is 7.98. The maximum atomic E-state index is 11.6. The van der Waals surface area contributed by atoms with Crippen LogP contribution in [0.15, 0.2) is 18.2 Å². The zero-order valence-electron chi connectivity index (χ0n) is 9.86. The third-order valence-electron chi connectivity index (χ3n) is 2.21. The first-order valence-electron chi connectivity index (χ1n) is 5.19. The van der Waals surface area contributed by atoms with Crippen molar-refractivity contribution in [1.82, 2.24) is 0 Å². The van der Waals surface area contributed by atoms with Gasteiger partial charge >= 0.3 is 0 Å². The highest BCUT2D eigenvalue weighted by atomic mass is 35.5. The molecule has 0 aromatic heterocycles. The Kier molecular flexibility index (Phi) is 5.08. The molecule has 0 aliphatic rings. The average Bonchev–Trinajstić information content (AvgIpc) is 2.26. The molecule has 0 heterocycles. The van der Waals surface area contributed by atoms with E-state index in [1.807, 2.05) is 6.92 Å². The molecule has 96 valence electrons. The van der Waals surface area contributed by atoms with Crippen LogP contribution in [0.25, 0.3) is 0 Å². The summed E-state index contributed by atoms with van der Waals surface area (Å²) >= 11 is 5.47. The lowest BCUT2D eigenvalue weighted by Gasteiger charge is -2.10. The number of alkyl halides is 1. The lowest BCUT2D eigenvalue weighted by molar-refractivity contribution is 0.412. The van der Waals surface area contributed by atoms with Crippen molar-refractivity contribution in [2.75, 3.05) is 23.5 Å². The van der Waals surface area contributed by atoms with Crippen molar-refractivity contribution in [2.45, 2.75) is 13.3 Å². The summed E-state index contributed by atoms with van der Waals surface area (Å²) in [4.78, 5) is 0. The Hall–Kier alpha value is -0.940. The van der Waals surface area contributed by atoms with E-state index in [2.05, 4.69) is 4.72 Å². The summed E-state index contributed by atoms with van der Waals surface area (Å²) < 4.78 is 30.9. The number of benzene rings is 1. The molecule has 0 spiro atoms. The fraction of sp³-hybridized carbons (Fsp3) is 0.455. The number of anilines is 1. The van der Waals surface area contributed by atoms with Gasteiger partial charge in [0.05, 0.1) is 12.9 Å². The molecule has 0 unspecified atom stereocenters. The topological polar surface area (TPSA) is 55.4 Å². The van der Waals surface area contributed by atoms with Crippen molar-refractivity contribution < 1.29 is 13.2 Å². The third-order valence-corrected chi connectivity index (χ3v) is 3.85. The third kappa shape index (κ3) is 4.44. The zero-order chi connectivity index (χ0) is 12.9. The number of aryl methyl sites for hydroxylation is 1. The molecule has 6 heteroatoms. The lowest BCUT2D eigenvalue weighted by Crippen LogP contribution is -2.17. The van der Waals surface area contributed by atoms with Crippen molar-refractivity contribution in [1.29, 1.82) is 0 Å². The van der Waals surface area contributed by atoms with Gasteiger partial charge in [-0.1, -0.05) is 0 Å². The predicted molar refractivity (Wildman–Crippen MR) is 70.5 cm³/mol. The van der Waals surface area contributed by atoms with Crippen LogP contribution in [0, 0.1) is 6.92 Å². The summed E-state index contributed by atoms with van der Waals surface area (Å²) in [7, 11) is -1.73. The second kappa shape index (κ2) is 6.12. The summed E-state index contributed by atoms with van der Waals surface area (Å²) in [6.07, 6.45) is 0.437. The number of sulfonamides is 1. The molecule has 1 rings (SSSR count). The van der Waals surface area contributed by atoms with Crippen LogP contribution in [0.2, 0.25) is 0 Å². The van der Waals surface area contributed by atoms with Gasteiger partial charge in [-0.3, -0.25) is 4.72 Å². The number of methoxy groups -OCH3 is 1. The van der Waals surface area contributed by atoms with Crippen LogP contribution in [0.5, 0.6) is 5.75 Å². The predicted octanol–water partition coefficient (Wildman–Crippen LogP) is 2.37. The normalized spacial score (nSPS) is 11.2. The minimum Gasteiger partial charge on any atom is -0.496 e. The van der Waals surface area contributed by atoms with Crippen LogP contribution in [0.3, 0.4) is 0 Å². The molecule has 4 nitrogen and oxygen atoms in total. The van der Waals surface area contributed by atoms with Crippen LogP contribution in [-0.4, -0.2) is 27.2 Å². The summed E-state index contributed by atoms with van der Waals surface area (Å²) in [5.41, 5.74) is 1.42. The number of nitrogens with one attached hydrogen (secondary N) is 1. The summed E-state index contributed by atoms with van der Waals surface area (Å²) in [5.74, 6) is 1.10. The van der Waals surface area contributed by atoms with E-state index in [4.69, 9.17) is 16.3 Å². The highest BCUT2D eigenvalue weighted by molar-refractivity contribution is 7.92. The molecule has 1 aromatic carbocycles. The number of ether oxygens (including phenoxy) is 1. The van der Waals surface area contributed by atoms with E-state index in [1.165, 1.54) is 0 Å². The number of hydrogen-bond donors (Lipinski definition) is 1. The van der Waals surface area contributed by atoms with Gasteiger partial charge in [0.15, 0.2) is 0 Å². The fourth-order valence-corrected chi connectivity index (χ4v) is 2.82. The van der Waals surface area contributed by atoms with Crippen LogP contribution >= 0.6 is 11.6 Å². The molecule has 1 aromatic rings. The van der Waals surface area contributed by atoms with Crippen molar-refractivity contribution in [3.63, 3.8) is 0 Å². The smallest absolute Gasteiger partial charge is 0.232 e. The second-order valence-corrected chi connectivity index (χ2v) is 5.87.